The maximum Gasteiger partial charge on any atom is 0.253 e. The third kappa shape index (κ3) is 5.29. The Morgan fingerprint density at radius 2 is 2.09 bits per heavy atom. The first-order chi connectivity index (χ1) is 17.2. The lowest BCUT2D eigenvalue weighted by molar-refractivity contribution is 0.0760. The lowest BCUT2D eigenvalue weighted by Crippen LogP contribution is -2.32. The van der Waals surface area contributed by atoms with Gasteiger partial charge in [0.1, 0.15) is 5.75 Å². The molecule has 3 heterocycles. The van der Waals surface area contributed by atoms with Crippen LogP contribution in [0.1, 0.15) is 40.7 Å². The van der Waals surface area contributed by atoms with Gasteiger partial charge in [0.15, 0.2) is 0 Å². The van der Waals surface area contributed by atoms with E-state index >= 15 is 0 Å². The smallest absolute Gasteiger partial charge is 0.253 e. The number of fused-ring (bicyclic) bond motifs is 1. The molecule has 2 aromatic heterocycles. The monoisotopic (exact) mass is 469 g/mol. The Kier molecular flexibility index (Phi) is 6.93. The number of pyridine rings is 1. The van der Waals surface area contributed by atoms with Crippen LogP contribution in [0.25, 0.3) is 10.9 Å². The summed E-state index contributed by atoms with van der Waals surface area (Å²) in [5.41, 5.74) is 4.97. The van der Waals surface area contributed by atoms with Crippen LogP contribution in [0.3, 0.4) is 0 Å². The van der Waals surface area contributed by atoms with E-state index in [2.05, 4.69) is 38.7 Å². The normalized spacial score (nSPS) is 16.1. The molecule has 0 bridgehead atoms. The lowest BCUT2D eigenvalue weighted by atomic mass is 9.91. The van der Waals surface area contributed by atoms with E-state index in [1.807, 2.05) is 47.6 Å². The average molecular weight is 470 g/mol. The van der Waals surface area contributed by atoms with E-state index in [4.69, 9.17) is 4.74 Å². The van der Waals surface area contributed by atoms with Crippen LogP contribution < -0.4 is 10.1 Å². The predicted octanol–water partition coefficient (Wildman–Crippen LogP) is 5.06. The highest BCUT2D eigenvalue weighted by Crippen LogP contribution is 2.29. The number of ether oxygens (including phenoxy) is 1. The molecule has 4 aromatic rings. The fourth-order valence-corrected chi connectivity index (χ4v) is 4.95. The average Bonchev–Trinajstić information content (AvgIpc) is 3.27. The second-order valence-electron chi connectivity index (χ2n) is 9.17. The number of amides is 1. The molecule has 1 atom stereocenters. The summed E-state index contributed by atoms with van der Waals surface area (Å²) in [5.74, 6) is 1.35. The Balaban J connectivity index is 1.24. The van der Waals surface area contributed by atoms with Gasteiger partial charge >= 0.3 is 0 Å². The number of hydrogen-bond acceptors (Lipinski definition) is 5. The second-order valence-corrected chi connectivity index (χ2v) is 9.17. The molecule has 7 heteroatoms. The van der Waals surface area contributed by atoms with Gasteiger partial charge in [0, 0.05) is 43.0 Å². The van der Waals surface area contributed by atoms with Gasteiger partial charge in [0.05, 0.1) is 24.5 Å². The zero-order valence-corrected chi connectivity index (χ0v) is 20.0. The molecule has 1 fully saturated rings. The zero-order valence-electron chi connectivity index (χ0n) is 20.0. The molecule has 1 unspecified atom stereocenters. The van der Waals surface area contributed by atoms with Crippen molar-refractivity contribution in [3.63, 3.8) is 0 Å². The summed E-state index contributed by atoms with van der Waals surface area (Å²) >= 11 is 0. The molecule has 180 valence electrons. The number of aromatic amines is 1. The number of nitrogens with one attached hydrogen (secondary N) is 2. The molecule has 2 aromatic carbocycles. The second kappa shape index (κ2) is 10.6. The lowest BCUT2D eigenvalue weighted by Gasteiger charge is -2.22. The zero-order chi connectivity index (χ0) is 24.0. The van der Waals surface area contributed by atoms with Crippen LogP contribution in [-0.4, -0.2) is 46.2 Å². The number of carbonyl (C=O) groups is 1. The Labute approximate surface area is 205 Å². The number of methoxy groups -OCH3 is 1. The van der Waals surface area contributed by atoms with Crippen molar-refractivity contribution in [1.82, 2.24) is 20.1 Å². The van der Waals surface area contributed by atoms with E-state index in [0.717, 1.165) is 61.3 Å². The maximum absolute atomic E-state index is 13.4. The van der Waals surface area contributed by atoms with Crippen LogP contribution in [0.15, 0.2) is 67.1 Å². The van der Waals surface area contributed by atoms with Crippen molar-refractivity contribution in [3.05, 3.63) is 83.8 Å². The number of carbonyl (C=O) groups excluding carboxylic acids is 1. The number of nitrogens with zero attached hydrogens (tertiary/aromatic N) is 3. The van der Waals surface area contributed by atoms with E-state index in [1.54, 1.807) is 13.3 Å². The Bertz CT molecular complexity index is 1290. The van der Waals surface area contributed by atoms with Crippen LogP contribution in [0.4, 0.5) is 5.69 Å². The van der Waals surface area contributed by atoms with Crippen LogP contribution in [0.2, 0.25) is 0 Å². The first-order valence-corrected chi connectivity index (χ1v) is 12.2. The van der Waals surface area contributed by atoms with E-state index in [0.29, 0.717) is 18.0 Å². The van der Waals surface area contributed by atoms with Gasteiger partial charge in [-0.1, -0.05) is 18.2 Å². The molecule has 0 spiro atoms. The highest BCUT2D eigenvalue weighted by atomic mass is 16.5. The quantitative estimate of drug-likeness (QED) is 0.395. The van der Waals surface area contributed by atoms with Gasteiger partial charge < -0.3 is 15.0 Å². The molecule has 0 radical (unpaired) electrons. The molecule has 0 aliphatic carbocycles. The first-order valence-electron chi connectivity index (χ1n) is 12.2. The summed E-state index contributed by atoms with van der Waals surface area (Å²) in [4.78, 5) is 19.6. The summed E-state index contributed by atoms with van der Waals surface area (Å²) in [7, 11) is 1.64. The number of benzene rings is 2. The van der Waals surface area contributed by atoms with E-state index < -0.39 is 0 Å². The molecule has 1 aliphatic heterocycles. The summed E-state index contributed by atoms with van der Waals surface area (Å²) in [6, 6.07) is 15.9. The molecular formula is C28H31N5O2. The summed E-state index contributed by atoms with van der Waals surface area (Å²) in [6.07, 6.45) is 9.66. The minimum Gasteiger partial charge on any atom is -0.495 e. The van der Waals surface area contributed by atoms with Gasteiger partial charge in [-0.25, -0.2) is 0 Å². The van der Waals surface area contributed by atoms with Crippen molar-refractivity contribution in [3.8, 4) is 5.75 Å². The van der Waals surface area contributed by atoms with Crippen LogP contribution in [0, 0.1) is 5.92 Å². The fourth-order valence-electron chi connectivity index (χ4n) is 4.95. The molecule has 1 amide bonds. The van der Waals surface area contributed by atoms with Crippen LogP contribution >= 0.6 is 0 Å². The Hall–Kier alpha value is -3.87. The standard InChI is InChI=1S/C28H31N5O2/c1-35-27-10-9-23(16-26(27)30-18-21-5-3-12-29-17-21)28(34)33-13-4-6-20(11-14-33)15-22-7-2-8-25-24(22)19-31-32-25/h2-3,5,7-10,12,16-17,19-20,30H,4,6,11,13-15,18H2,1H3,(H,31,32). The summed E-state index contributed by atoms with van der Waals surface area (Å²) in [5, 5.41) is 11.9. The van der Waals surface area contributed by atoms with Crippen LogP contribution in [-0.2, 0) is 13.0 Å². The van der Waals surface area contributed by atoms with Gasteiger partial charge in [-0.3, -0.25) is 14.9 Å². The minimum absolute atomic E-state index is 0.0784. The number of rotatable bonds is 7. The number of likely N-dealkylation sites (tertiary alicyclic amines) is 1. The van der Waals surface area contributed by atoms with Gasteiger partial charge in [-0.2, -0.15) is 5.10 Å². The highest BCUT2D eigenvalue weighted by molar-refractivity contribution is 5.95. The number of hydrogen-bond donors (Lipinski definition) is 2. The number of aromatic nitrogens is 3. The minimum atomic E-state index is 0.0784. The molecule has 35 heavy (non-hydrogen) atoms. The molecule has 0 saturated carbocycles. The van der Waals surface area contributed by atoms with E-state index in [-0.39, 0.29) is 5.91 Å². The maximum atomic E-state index is 13.4. The van der Waals surface area contributed by atoms with Crippen molar-refractivity contribution in [1.29, 1.82) is 0 Å². The van der Waals surface area contributed by atoms with Crippen molar-refractivity contribution < 1.29 is 9.53 Å². The van der Waals surface area contributed by atoms with Gasteiger partial charge in [0.2, 0.25) is 0 Å². The summed E-state index contributed by atoms with van der Waals surface area (Å²) < 4.78 is 5.52. The van der Waals surface area contributed by atoms with Crippen molar-refractivity contribution in [2.45, 2.75) is 32.2 Å². The molecule has 2 N–H and O–H groups in total. The fraction of sp³-hybridized carbons (Fsp3) is 0.321. The molecule has 1 saturated heterocycles. The van der Waals surface area contributed by atoms with Crippen molar-refractivity contribution >= 4 is 22.5 Å². The van der Waals surface area contributed by atoms with Crippen molar-refractivity contribution in [2.24, 2.45) is 5.92 Å². The SMILES string of the molecule is COc1ccc(C(=O)N2CCCC(Cc3cccc4[nH]ncc34)CC2)cc1NCc1cccnc1. The number of anilines is 1. The molecular weight excluding hydrogens is 438 g/mol. The first kappa shape index (κ1) is 22.9. The van der Waals surface area contributed by atoms with Crippen molar-refractivity contribution in [2.75, 3.05) is 25.5 Å². The van der Waals surface area contributed by atoms with Gasteiger partial charge in [-0.15, -0.1) is 0 Å². The third-order valence-electron chi connectivity index (χ3n) is 6.87. The molecule has 1 aliphatic rings. The van der Waals surface area contributed by atoms with Gasteiger partial charge in [-0.05, 0) is 73.1 Å². The van der Waals surface area contributed by atoms with Gasteiger partial charge in [0.25, 0.3) is 5.91 Å². The Morgan fingerprint density at radius 1 is 1.14 bits per heavy atom. The topological polar surface area (TPSA) is 83.1 Å². The summed E-state index contributed by atoms with van der Waals surface area (Å²) in [6.45, 7) is 2.17. The molecule has 5 rings (SSSR count). The largest absolute Gasteiger partial charge is 0.495 e. The van der Waals surface area contributed by atoms with Crippen LogP contribution in [0.5, 0.6) is 5.75 Å². The Morgan fingerprint density at radius 3 is 2.94 bits per heavy atom. The third-order valence-corrected chi connectivity index (χ3v) is 6.87. The molecule has 7 nitrogen and oxygen atoms in total. The predicted molar refractivity (Wildman–Crippen MR) is 138 cm³/mol. The van der Waals surface area contributed by atoms with E-state index in [9.17, 15) is 4.79 Å². The highest BCUT2D eigenvalue weighted by Gasteiger charge is 2.23. The number of H-pyrrole nitrogens is 1. The van der Waals surface area contributed by atoms with E-state index in [1.165, 1.54) is 10.9 Å².